The van der Waals surface area contributed by atoms with E-state index in [0.29, 0.717) is 43.1 Å². The molecular weight excluding hydrogens is 679 g/mol. The molecule has 0 saturated heterocycles. The maximum atomic E-state index is 13.9. The Labute approximate surface area is 276 Å². The Morgan fingerprint density at radius 2 is 1.69 bits per heavy atom. The molecule has 260 valence electrons. The molecule has 5 rings (SSSR count). The molecule has 0 spiro atoms. The van der Waals surface area contributed by atoms with Crippen LogP contribution in [0.3, 0.4) is 0 Å². The second kappa shape index (κ2) is 14.6. The Bertz CT molecular complexity index is 1880. The molecule has 0 aromatic carbocycles. The number of amides is 1. The number of aromatic nitrogens is 7. The fourth-order valence-corrected chi connectivity index (χ4v) is 5.76. The van der Waals surface area contributed by atoms with Crippen molar-refractivity contribution in [2.45, 2.75) is 68.1 Å². The predicted octanol–water partition coefficient (Wildman–Crippen LogP) is 4.26. The van der Waals surface area contributed by atoms with Crippen LogP contribution in [0.1, 0.15) is 44.1 Å². The molecule has 4 heterocycles. The average molecular weight is 709 g/mol. The van der Waals surface area contributed by atoms with E-state index in [-0.39, 0.29) is 29.4 Å². The zero-order valence-electron chi connectivity index (χ0n) is 25.7. The van der Waals surface area contributed by atoms with Gasteiger partial charge in [-0.3, -0.25) is 19.7 Å². The van der Waals surface area contributed by atoms with E-state index in [1.165, 1.54) is 36.8 Å². The first-order valence-electron chi connectivity index (χ1n) is 14.7. The van der Waals surface area contributed by atoms with Crippen LogP contribution >= 0.6 is 0 Å². The summed E-state index contributed by atoms with van der Waals surface area (Å²) in [6, 6.07) is 0.321. The quantitative estimate of drug-likeness (QED) is 0.211. The van der Waals surface area contributed by atoms with Crippen LogP contribution in [0.2, 0.25) is 0 Å². The Morgan fingerprint density at radius 3 is 2.29 bits per heavy atom. The minimum atomic E-state index is -4.87. The zero-order chi connectivity index (χ0) is 35.3. The highest BCUT2D eigenvalue weighted by Gasteiger charge is 2.36. The molecule has 4 aromatic heterocycles. The molecule has 0 bridgehead atoms. The summed E-state index contributed by atoms with van der Waals surface area (Å²) < 4.78 is 96.2. The van der Waals surface area contributed by atoms with Gasteiger partial charge in [0.05, 0.1) is 30.9 Å². The summed E-state index contributed by atoms with van der Waals surface area (Å²) >= 11 is 0. The van der Waals surface area contributed by atoms with E-state index in [2.05, 4.69) is 40.2 Å². The minimum absolute atomic E-state index is 0.152. The number of ether oxygens (including phenoxy) is 1. The van der Waals surface area contributed by atoms with Crippen molar-refractivity contribution in [3.05, 3.63) is 55.0 Å². The largest absolute Gasteiger partial charge is 0.467 e. The van der Waals surface area contributed by atoms with Gasteiger partial charge in [-0.2, -0.15) is 13.2 Å². The third kappa shape index (κ3) is 8.74. The number of anilines is 2. The van der Waals surface area contributed by atoms with Crippen LogP contribution in [0.4, 0.5) is 33.7 Å². The highest BCUT2D eigenvalue weighted by atomic mass is 32.2. The molecule has 49 heavy (non-hydrogen) atoms. The maximum absolute atomic E-state index is 13.9. The van der Waals surface area contributed by atoms with Gasteiger partial charge in [-0.1, -0.05) is 0 Å². The van der Waals surface area contributed by atoms with Crippen molar-refractivity contribution in [3.8, 4) is 28.5 Å². The van der Waals surface area contributed by atoms with Gasteiger partial charge >= 0.3 is 12.2 Å². The fraction of sp³-hybridized carbons (Fsp3) is 0.379. The van der Waals surface area contributed by atoms with E-state index in [4.69, 9.17) is 9.88 Å². The van der Waals surface area contributed by atoms with E-state index in [9.17, 15) is 35.2 Å². The molecule has 0 atom stereocenters. The topological polar surface area (TPSA) is 192 Å². The van der Waals surface area contributed by atoms with Crippen LogP contribution in [0.15, 0.2) is 54.3 Å². The summed E-state index contributed by atoms with van der Waals surface area (Å²) in [5, 5.41) is 8.14. The summed E-state index contributed by atoms with van der Waals surface area (Å²) in [5.41, 5.74) is -1.11. The zero-order valence-corrected chi connectivity index (χ0v) is 26.5. The molecular formula is C29H29F5N10O4S. The highest BCUT2D eigenvalue weighted by molar-refractivity contribution is 7.89. The van der Waals surface area contributed by atoms with Gasteiger partial charge in [0.2, 0.25) is 28.3 Å². The number of nitrogens with two attached hydrogens (primary N) is 1. The molecule has 0 unspecified atom stereocenters. The van der Waals surface area contributed by atoms with Crippen molar-refractivity contribution in [2.24, 2.45) is 5.14 Å². The number of nitrogens with zero attached hydrogens (tertiary/aromatic N) is 8. The average Bonchev–Trinajstić information content (AvgIpc) is 3.08. The first-order chi connectivity index (χ1) is 23.2. The highest BCUT2D eigenvalue weighted by Crippen LogP contribution is 2.37. The summed E-state index contributed by atoms with van der Waals surface area (Å²) in [5.74, 6) is -0.543. The van der Waals surface area contributed by atoms with Crippen molar-refractivity contribution in [2.75, 3.05) is 17.3 Å². The molecule has 14 nitrogen and oxygen atoms in total. The Hall–Kier alpha value is -4.98. The lowest BCUT2D eigenvalue weighted by atomic mass is 9.90. The van der Waals surface area contributed by atoms with Gasteiger partial charge in [-0.05, 0) is 31.7 Å². The molecule has 1 saturated carbocycles. The molecule has 4 aromatic rings. The second-order valence-electron chi connectivity index (χ2n) is 11.0. The number of primary sulfonamides is 1. The van der Waals surface area contributed by atoms with Gasteiger partial charge in [-0.15, -0.1) is 0 Å². The number of hydrogen-bond acceptors (Lipinski definition) is 12. The van der Waals surface area contributed by atoms with Crippen LogP contribution in [-0.2, 0) is 21.0 Å². The van der Waals surface area contributed by atoms with Gasteiger partial charge in [0.25, 0.3) is 0 Å². The van der Waals surface area contributed by atoms with Gasteiger partial charge in [-0.25, -0.2) is 47.3 Å². The van der Waals surface area contributed by atoms with Crippen LogP contribution in [0.25, 0.3) is 22.5 Å². The number of carbonyl (C=O) groups excluding carboxylic acids is 1. The van der Waals surface area contributed by atoms with Gasteiger partial charge in [0.1, 0.15) is 10.5 Å². The van der Waals surface area contributed by atoms with Gasteiger partial charge < -0.3 is 10.1 Å². The van der Waals surface area contributed by atoms with Gasteiger partial charge in [0, 0.05) is 67.0 Å². The monoisotopic (exact) mass is 708 g/mol. The lowest BCUT2D eigenvalue weighted by Gasteiger charge is -2.36. The van der Waals surface area contributed by atoms with Crippen LogP contribution in [0.5, 0.6) is 6.01 Å². The molecule has 1 aliphatic carbocycles. The second-order valence-corrected chi connectivity index (χ2v) is 12.5. The lowest BCUT2D eigenvalue weighted by Crippen LogP contribution is -2.45. The van der Waals surface area contributed by atoms with Crippen molar-refractivity contribution >= 4 is 27.7 Å². The number of carbonyl (C=O) groups is 1. The molecule has 20 heteroatoms. The molecule has 1 fully saturated rings. The number of rotatable bonds is 11. The SMILES string of the molecule is COc1ncc(-c2cnc(N(C(=O)CCC(F)F)C3CCC(Nc4ncc(C(F)(F)F)c(-c5cncc(S(N)(=O)=O)c5)n4)CC3)cn2)cn1. The number of sulfonamides is 1. The van der Waals surface area contributed by atoms with Crippen molar-refractivity contribution in [1.82, 2.24) is 34.9 Å². The first kappa shape index (κ1) is 35.3. The third-order valence-corrected chi connectivity index (χ3v) is 8.52. The molecule has 0 radical (unpaired) electrons. The first-order valence-corrected chi connectivity index (χ1v) is 16.2. The lowest BCUT2D eigenvalue weighted by molar-refractivity contribution is -0.137. The van der Waals surface area contributed by atoms with E-state index in [1.54, 1.807) is 0 Å². The Morgan fingerprint density at radius 1 is 0.980 bits per heavy atom. The Balaban J connectivity index is 1.33. The molecule has 3 N–H and O–H groups in total. The number of pyridine rings is 1. The standard InChI is InChI=1S/C29H29F5N10O4S/c1-48-28-40-10-17(11-41-28)22-14-38-24(15-37-22)44(25(45)7-6-23(30)31)19-4-2-18(3-5-19)42-27-39-13-21(29(32,33)34)26(43-27)16-8-20(12-36-9-16)49(35,46)47/h8-15,18-19,23H,2-7H2,1H3,(H2,35,46,47)(H,39,42,43). The molecule has 0 aliphatic heterocycles. The summed E-state index contributed by atoms with van der Waals surface area (Å²) in [6.45, 7) is 0. The third-order valence-electron chi connectivity index (χ3n) is 7.64. The Kier molecular flexibility index (Phi) is 10.6. The smallest absolute Gasteiger partial charge is 0.419 e. The van der Waals surface area contributed by atoms with E-state index in [0.717, 1.165) is 18.5 Å². The van der Waals surface area contributed by atoms with E-state index >= 15 is 0 Å². The molecule has 1 aliphatic rings. The minimum Gasteiger partial charge on any atom is -0.467 e. The maximum Gasteiger partial charge on any atom is 0.419 e. The normalized spacial score (nSPS) is 16.7. The number of nitrogens with one attached hydrogen (secondary N) is 1. The summed E-state index contributed by atoms with van der Waals surface area (Å²) in [4.78, 5) is 42.5. The van der Waals surface area contributed by atoms with Crippen LogP contribution < -0.4 is 20.1 Å². The van der Waals surface area contributed by atoms with Gasteiger partial charge in [0.15, 0.2) is 5.82 Å². The van der Waals surface area contributed by atoms with Crippen molar-refractivity contribution in [3.63, 3.8) is 0 Å². The van der Waals surface area contributed by atoms with Crippen molar-refractivity contribution in [1.29, 1.82) is 0 Å². The number of alkyl halides is 5. The summed E-state index contributed by atoms with van der Waals surface area (Å²) in [6.07, 6.45) is 1.22. The van der Waals surface area contributed by atoms with E-state index in [1.807, 2.05) is 0 Å². The van der Waals surface area contributed by atoms with Crippen molar-refractivity contribution < 1.29 is 39.9 Å². The summed E-state index contributed by atoms with van der Waals surface area (Å²) in [7, 11) is -2.84. The number of methoxy groups -OCH3 is 1. The van der Waals surface area contributed by atoms with Crippen LogP contribution in [0, 0.1) is 0 Å². The predicted molar refractivity (Wildman–Crippen MR) is 164 cm³/mol. The number of hydrogen-bond donors (Lipinski definition) is 2. The van der Waals surface area contributed by atoms with E-state index < -0.39 is 63.6 Å². The number of halogens is 5. The van der Waals surface area contributed by atoms with Crippen LogP contribution in [-0.4, -0.2) is 74.8 Å². The fourth-order valence-electron chi connectivity index (χ4n) is 5.26. The molecule has 1 amide bonds.